The van der Waals surface area contributed by atoms with Crippen LogP contribution < -0.4 is 10.6 Å². The molecule has 33 heavy (non-hydrogen) atoms. The van der Waals surface area contributed by atoms with Crippen molar-refractivity contribution in [3.05, 3.63) is 59.7 Å². The Balaban J connectivity index is 1.46. The third kappa shape index (κ3) is 6.55. The second-order valence-corrected chi connectivity index (χ2v) is 8.05. The smallest absolute Gasteiger partial charge is 0.407 e. The van der Waals surface area contributed by atoms with Gasteiger partial charge in [-0.15, -0.1) is 0 Å². The van der Waals surface area contributed by atoms with Crippen molar-refractivity contribution < 1.29 is 29.0 Å². The molecule has 0 radical (unpaired) electrons. The topological polar surface area (TPSA) is 114 Å². The highest BCUT2D eigenvalue weighted by Crippen LogP contribution is 2.44. The first kappa shape index (κ1) is 24.3. The zero-order valence-corrected chi connectivity index (χ0v) is 18.9. The van der Waals surface area contributed by atoms with Crippen LogP contribution in [0.15, 0.2) is 48.5 Å². The second-order valence-electron chi connectivity index (χ2n) is 8.05. The van der Waals surface area contributed by atoms with E-state index in [9.17, 15) is 14.4 Å². The summed E-state index contributed by atoms with van der Waals surface area (Å²) in [5.41, 5.74) is 4.56. The van der Waals surface area contributed by atoms with Crippen molar-refractivity contribution in [3.8, 4) is 11.1 Å². The van der Waals surface area contributed by atoms with Gasteiger partial charge in [-0.1, -0.05) is 48.5 Å². The van der Waals surface area contributed by atoms with E-state index in [1.54, 1.807) is 13.8 Å². The summed E-state index contributed by atoms with van der Waals surface area (Å²) >= 11 is 0. The predicted molar refractivity (Wildman–Crippen MR) is 123 cm³/mol. The number of carbonyl (C=O) groups is 3. The maximum absolute atomic E-state index is 12.3. The maximum Gasteiger partial charge on any atom is 0.407 e. The first-order chi connectivity index (χ1) is 15.9. The molecule has 2 atom stereocenters. The Kier molecular flexibility index (Phi) is 8.43. The molecule has 8 heteroatoms. The monoisotopic (exact) mass is 454 g/mol. The molecule has 3 rings (SSSR count). The number of nitrogens with one attached hydrogen (secondary N) is 2. The average molecular weight is 455 g/mol. The molecule has 1 aliphatic rings. The Hall–Kier alpha value is -3.39. The van der Waals surface area contributed by atoms with Gasteiger partial charge >= 0.3 is 12.1 Å². The van der Waals surface area contributed by atoms with Crippen molar-refractivity contribution >= 4 is 18.0 Å². The summed E-state index contributed by atoms with van der Waals surface area (Å²) in [6.45, 7) is 4.11. The van der Waals surface area contributed by atoms with E-state index >= 15 is 0 Å². The minimum atomic E-state index is -0.993. The number of amides is 2. The summed E-state index contributed by atoms with van der Waals surface area (Å²) in [6.07, 6.45) is -1.34. The summed E-state index contributed by atoms with van der Waals surface area (Å²) in [6, 6.07) is 15.7. The fourth-order valence-corrected chi connectivity index (χ4v) is 4.09. The Morgan fingerprint density at radius 1 is 1.00 bits per heavy atom. The number of hydrogen-bond donors (Lipinski definition) is 3. The molecule has 0 aliphatic heterocycles. The van der Waals surface area contributed by atoms with Crippen LogP contribution >= 0.6 is 0 Å². The highest BCUT2D eigenvalue weighted by Gasteiger charge is 2.29. The lowest BCUT2D eigenvalue weighted by atomic mass is 9.98. The molecule has 2 unspecified atom stereocenters. The number of alkyl carbamates (subject to hydrolysis) is 1. The highest BCUT2D eigenvalue weighted by atomic mass is 16.5. The first-order valence-electron chi connectivity index (χ1n) is 11.1. The van der Waals surface area contributed by atoms with Gasteiger partial charge in [-0.2, -0.15) is 0 Å². The van der Waals surface area contributed by atoms with E-state index in [0.29, 0.717) is 6.61 Å². The predicted octanol–water partition coefficient (Wildman–Crippen LogP) is 3.30. The third-order valence-corrected chi connectivity index (χ3v) is 5.53. The van der Waals surface area contributed by atoms with Gasteiger partial charge in [0.2, 0.25) is 5.91 Å². The van der Waals surface area contributed by atoms with Crippen molar-refractivity contribution in [1.29, 1.82) is 0 Å². The van der Waals surface area contributed by atoms with Gasteiger partial charge in [-0.3, -0.25) is 9.59 Å². The Morgan fingerprint density at radius 2 is 1.61 bits per heavy atom. The zero-order valence-electron chi connectivity index (χ0n) is 18.9. The molecular weight excluding hydrogens is 424 g/mol. The molecular formula is C25H30N2O6. The average Bonchev–Trinajstić information content (AvgIpc) is 3.09. The fourth-order valence-electron chi connectivity index (χ4n) is 4.09. The third-order valence-electron chi connectivity index (χ3n) is 5.53. The largest absolute Gasteiger partial charge is 0.481 e. The van der Waals surface area contributed by atoms with Crippen LogP contribution in [0.25, 0.3) is 11.1 Å². The number of carboxylic acids is 1. The second kappa shape index (κ2) is 11.5. The van der Waals surface area contributed by atoms with Crippen LogP contribution in [0, 0.1) is 0 Å². The molecule has 3 N–H and O–H groups in total. The molecule has 0 spiro atoms. The number of benzene rings is 2. The number of hydrogen-bond acceptors (Lipinski definition) is 5. The van der Waals surface area contributed by atoms with Gasteiger partial charge in [0.25, 0.3) is 0 Å². The summed E-state index contributed by atoms with van der Waals surface area (Å²) in [7, 11) is 0. The van der Waals surface area contributed by atoms with Crippen molar-refractivity contribution in [3.63, 3.8) is 0 Å². The molecule has 0 saturated heterocycles. The minimum Gasteiger partial charge on any atom is -0.481 e. The van der Waals surface area contributed by atoms with Crippen LogP contribution in [0.2, 0.25) is 0 Å². The Morgan fingerprint density at radius 3 is 2.18 bits per heavy atom. The van der Waals surface area contributed by atoms with Gasteiger partial charge in [0.15, 0.2) is 0 Å². The van der Waals surface area contributed by atoms with Gasteiger partial charge < -0.3 is 25.2 Å². The molecule has 0 fully saturated rings. The van der Waals surface area contributed by atoms with Gasteiger partial charge in [-0.05, 0) is 36.1 Å². The molecule has 8 nitrogen and oxygen atoms in total. The summed E-state index contributed by atoms with van der Waals surface area (Å²) < 4.78 is 10.8. The number of carboxylic acid groups (broad SMARTS) is 1. The van der Waals surface area contributed by atoms with E-state index in [2.05, 4.69) is 22.8 Å². The van der Waals surface area contributed by atoms with Crippen LogP contribution in [0.4, 0.5) is 4.79 Å². The van der Waals surface area contributed by atoms with Gasteiger partial charge in [0, 0.05) is 31.5 Å². The molecule has 0 saturated carbocycles. The zero-order chi connectivity index (χ0) is 23.8. The van der Waals surface area contributed by atoms with Gasteiger partial charge in [0.1, 0.15) is 6.61 Å². The number of carbonyl (C=O) groups excluding carboxylic acids is 2. The van der Waals surface area contributed by atoms with Crippen LogP contribution in [0.3, 0.4) is 0 Å². The molecule has 0 bridgehead atoms. The van der Waals surface area contributed by atoms with E-state index in [1.165, 1.54) is 0 Å². The van der Waals surface area contributed by atoms with E-state index in [0.717, 1.165) is 22.3 Å². The summed E-state index contributed by atoms with van der Waals surface area (Å²) in [4.78, 5) is 35.4. The van der Waals surface area contributed by atoms with E-state index in [4.69, 9.17) is 14.6 Å². The molecule has 2 amide bonds. The fraction of sp³-hybridized carbons (Fsp3) is 0.400. The van der Waals surface area contributed by atoms with Crippen LogP contribution in [0.5, 0.6) is 0 Å². The lowest BCUT2D eigenvalue weighted by Crippen LogP contribution is -2.40. The van der Waals surface area contributed by atoms with E-state index in [-0.39, 0.29) is 37.8 Å². The molecule has 176 valence electrons. The van der Waals surface area contributed by atoms with Crippen LogP contribution in [0.1, 0.15) is 43.7 Å². The number of fused-ring (bicyclic) bond motifs is 3. The lowest BCUT2D eigenvalue weighted by molar-refractivity contribution is -0.140. The number of ether oxygens (including phenoxy) is 2. The Labute approximate surface area is 193 Å². The normalized spacial score (nSPS) is 14.0. The maximum atomic E-state index is 12.3. The van der Waals surface area contributed by atoms with E-state index in [1.807, 2.05) is 36.4 Å². The summed E-state index contributed by atoms with van der Waals surface area (Å²) in [5, 5.41) is 14.2. The van der Waals surface area contributed by atoms with Crippen molar-refractivity contribution in [2.45, 2.75) is 44.8 Å². The molecule has 2 aromatic carbocycles. The van der Waals surface area contributed by atoms with E-state index < -0.39 is 24.2 Å². The lowest BCUT2D eigenvalue weighted by Gasteiger charge is -2.18. The highest BCUT2D eigenvalue weighted by molar-refractivity contribution is 5.79. The van der Waals surface area contributed by atoms with Crippen molar-refractivity contribution in [2.24, 2.45) is 0 Å². The first-order valence-corrected chi connectivity index (χ1v) is 11.1. The molecule has 0 aromatic heterocycles. The van der Waals surface area contributed by atoms with Gasteiger partial charge in [0.05, 0.1) is 12.5 Å². The minimum absolute atomic E-state index is 0.0357. The number of aliphatic carboxylic acids is 1. The quantitative estimate of drug-likeness (QED) is 0.480. The standard InChI is InChI=1S/C25H30N2O6/c1-3-32-17(13-24(29)30)14-26-23(28)12-16(2)27-25(31)33-15-22-20-10-6-4-8-18(20)19-9-5-7-11-21(19)22/h4-11,16-17,22H,3,12-15H2,1-2H3,(H,26,28)(H,27,31)(H,29,30). The van der Waals surface area contributed by atoms with Crippen LogP contribution in [-0.2, 0) is 19.1 Å². The molecule has 1 aliphatic carbocycles. The Bertz CT molecular complexity index is 947. The molecule has 2 aromatic rings. The van der Waals surface area contributed by atoms with Crippen molar-refractivity contribution in [2.75, 3.05) is 19.8 Å². The molecule has 0 heterocycles. The summed E-state index contributed by atoms with van der Waals surface area (Å²) in [5.74, 6) is -1.34. The van der Waals surface area contributed by atoms with Crippen molar-refractivity contribution in [1.82, 2.24) is 10.6 Å². The van der Waals surface area contributed by atoms with Gasteiger partial charge in [-0.25, -0.2) is 4.79 Å². The number of rotatable bonds is 11. The SMILES string of the molecule is CCOC(CNC(=O)CC(C)NC(=O)OCC1c2ccccc2-c2ccccc21)CC(=O)O. The van der Waals surface area contributed by atoms with Crippen LogP contribution in [-0.4, -0.2) is 55.0 Å².